The summed E-state index contributed by atoms with van der Waals surface area (Å²) in [7, 11) is 0. The van der Waals surface area contributed by atoms with Crippen molar-refractivity contribution in [2.75, 3.05) is 12.3 Å². The van der Waals surface area contributed by atoms with Crippen molar-refractivity contribution in [3.05, 3.63) is 42.1 Å². The van der Waals surface area contributed by atoms with Crippen LogP contribution in [-0.4, -0.2) is 24.5 Å². The van der Waals surface area contributed by atoms with E-state index in [0.717, 1.165) is 18.3 Å². The second-order valence-corrected chi connectivity index (χ2v) is 4.48. The zero-order valence-electron chi connectivity index (χ0n) is 11.5. The van der Waals surface area contributed by atoms with Crippen LogP contribution in [0.15, 0.2) is 36.4 Å². The van der Waals surface area contributed by atoms with Crippen LogP contribution in [0, 0.1) is 0 Å². The van der Waals surface area contributed by atoms with Gasteiger partial charge >= 0.3 is 118 Å². The Labute approximate surface area is 119 Å². The molecule has 0 amide bonds. The maximum absolute atomic E-state index is 12.1. The number of nitrogens with two attached hydrogens (primary N) is 1. The summed E-state index contributed by atoms with van der Waals surface area (Å²) in [5.74, 6) is 1.47. The Bertz CT molecular complexity index is 588. The van der Waals surface area contributed by atoms with E-state index in [2.05, 4.69) is 4.98 Å². The molecule has 102 valence electrons. The van der Waals surface area contributed by atoms with Crippen molar-refractivity contribution < 1.29 is 9.53 Å². The Morgan fingerprint density at radius 1 is 1.40 bits per heavy atom. The summed E-state index contributed by atoms with van der Waals surface area (Å²) in [5, 5.41) is 0. The van der Waals surface area contributed by atoms with Gasteiger partial charge in [-0.3, -0.25) is 0 Å². The molecule has 20 heavy (non-hydrogen) atoms. The van der Waals surface area contributed by atoms with Crippen molar-refractivity contribution in [2.45, 2.75) is 19.8 Å². The van der Waals surface area contributed by atoms with Crippen molar-refractivity contribution in [1.29, 1.82) is 0 Å². The monoisotopic (exact) mass is 268 g/mol. The summed E-state index contributed by atoms with van der Waals surface area (Å²) >= 11 is 0. The summed E-state index contributed by atoms with van der Waals surface area (Å²) in [6.45, 7) is 4.35. The van der Waals surface area contributed by atoms with Crippen molar-refractivity contribution in [3.63, 3.8) is 0 Å². The molecule has 0 atom stereocenters. The molecule has 2 aromatic heterocycles. The first-order valence-corrected chi connectivity index (χ1v) is 6.71. The van der Waals surface area contributed by atoms with E-state index in [-0.39, 0.29) is 5.69 Å². The molecule has 0 saturated carbocycles. The summed E-state index contributed by atoms with van der Waals surface area (Å²) in [4.78, 5) is 16.3. The van der Waals surface area contributed by atoms with Gasteiger partial charge in [-0.25, -0.2) is 0 Å². The number of carbonyl (C=O) groups excluding carboxylic acids is 1. The van der Waals surface area contributed by atoms with Crippen LogP contribution in [0.2, 0.25) is 0 Å². The number of carbonyl (C=O) groups is 1. The van der Waals surface area contributed by atoms with Gasteiger partial charge in [-0.15, -0.1) is 0 Å². The van der Waals surface area contributed by atoms with Crippen molar-refractivity contribution >= 4 is 18.6 Å². The van der Waals surface area contributed by atoms with Crippen LogP contribution in [-0.2, 0) is 4.74 Å². The molecule has 0 fully saturated rings. The number of unbranched alkanes of at least 4 members (excludes halogenated alkanes) is 1. The number of pyridine rings is 1. The third kappa shape index (κ3) is 3.23. The zero-order valence-corrected chi connectivity index (χ0v) is 11.5. The van der Waals surface area contributed by atoms with E-state index < -0.39 is 5.97 Å². The SMILES string of the molecule is CCCCOC(=O)c1nccc(N)c1-c1bcccc1. The Morgan fingerprint density at radius 2 is 2.25 bits per heavy atom. The van der Waals surface area contributed by atoms with Gasteiger partial charge in [0.1, 0.15) is 0 Å². The molecule has 2 aromatic rings. The van der Waals surface area contributed by atoms with Gasteiger partial charge < -0.3 is 0 Å². The maximum atomic E-state index is 12.1. The topological polar surface area (TPSA) is 65.2 Å². The molecule has 5 heteroatoms. The van der Waals surface area contributed by atoms with Crippen LogP contribution in [0.1, 0.15) is 30.3 Å². The van der Waals surface area contributed by atoms with Gasteiger partial charge in [0.2, 0.25) is 0 Å². The van der Waals surface area contributed by atoms with Crippen LogP contribution in [0.5, 0.6) is 0 Å². The van der Waals surface area contributed by atoms with Crippen LogP contribution in [0.4, 0.5) is 5.69 Å². The van der Waals surface area contributed by atoms with E-state index in [0.29, 0.717) is 17.9 Å². The average molecular weight is 268 g/mol. The first kappa shape index (κ1) is 14.2. The molecule has 2 N–H and O–H groups in total. The van der Waals surface area contributed by atoms with Crippen LogP contribution < -0.4 is 5.73 Å². The second-order valence-electron chi connectivity index (χ2n) is 4.48. The van der Waals surface area contributed by atoms with Gasteiger partial charge in [0.25, 0.3) is 0 Å². The quantitative estimate of drug-likeness (QED) is 0.668. The predicted octanol–water partition coefficient (Wildman–Crippen LogP) is 2.63. The molecule has 0 saturated heterocycles. The van der Waals surface area contributed by atoms with Gasteiger partial charge in [0.05, 0.1) is 0 Å². The average Bonchev–Trinajstić information content (AvgIpc) is 2.48. The number of nitrogens with zero attached hydrogens (tertiary/aromatic N) is 1. The molecular formula is C15H17BN2O2. The summed E-state index contributed by atoms with van der Waals surface area (Å²) < 4.78 is 5.23. The van der Waals surface area contributed by atoms with Crippen LogP contribution in [0.25, 0.3) is 11.0 Å². The fraction of sp³-hybridized carbons (Fsp3) is 0.267. The zero-order chi connectivity index (χ0) is 14.4. The van der Waals surface area contributed by atoms with Gasteiger partial charge in [-0.2, -0.15) is 0 Å². The van der Waals surface area contributed by atoms with Gasteiger partial charge in [0.15, 0.2) is 0 Å². The van der Waals surface area contributed by atoms with E-state index in [1.165, 1.54) is 6.20 Å². The third-order valence-electron chi connectivity index (χ3n) is 2.97. The molecule has 0 aromatic carbocycles. The Hall–Kier alpha value is -2.17. The number of rotatable bonds is 5. The fourth-order valence-electron chi connectivity index (χ4n) is 1.92. The number of ether oxygens (including phenoxy) is 1. The number of aromatic nitrogens is 1. The molecule has 0 spiro atoms. The molecule has 0 radical (unpaired) electrons. The van der Waals surface area contributed by atoms with Gasteiger partial charge in [-0.1, -0.05) is 0 Å². The van der Waals surface area contributed by atoms with E-state index in [9.17, 15) is 4.79 Å². The minimum absolute atomic E-state index is 0.271. The molecular weight excluding hydrogens is 251 g/mol. The summed E-state index contributed by atoms with van der Waals surface area (Å²) in [6, 6.07) is 7.39. The van der Waals surface area contributed by atoms with E-state index in [4.69, 9.17) is 10.5 Å². The number of nitrogen functional groups attached to an aromatic ring is 1. The van der Waals surface area contributed by atoms with Gasteiger partial charge in [0, 0.05) is 0 Å². The molecule has 0 bridgehead atoms. The Morgan fingerprint density at radius 3 is 2.95 bits per heavy atom. The van der Waals surface area contributed by atoms with E-state index in [1.54, 1.807) is 6.07 Å². The van der Waals surface area contributed by atoms with Crippen molar-refractivity contribution in [1.82, 2.24) is 4.98 Å². The van der Waals surface area contributed by atoms with Crippen LogP contribution >= 0.6 is 0 Å². The number of anilines is 1. The second kappa shape index (κ2) is 6.84. The Balaban J connectivity index is 2.34. The number of esters is 1. The summed E-state index contributed by atoms with van der Waals surface area (Å²) in [5.41, 5.74) is 8.29. The molecule has 0 unspecified atom stereocenters. The first-order chi connectivity index (χ1) is 9.74. The minimum atomic E-state index is -0.426. The molecule has 4 nitrogen and oxygen atoms in total. The van der Waals surface area contributed by atoms with E-state index >= 15 is 0 Å². The number of hydrogen-bond donors (Lipinski definition) is 1. The Kier molecular flexibility index (Phi) is 4.88. The first-order valence-electron chi connectivity index (χ1n) is 6.71. The van der Waals surface area contributed by atoms with Gasteiger partial charge in [-0.05, 0) is 0 Å². The molecule has 2 heterocycles. The third-order valence-corrected chi connectivity index (χ3v) is 2.97. The summed E-state index contributed by atoms with van der Waals surface area (Å²) in [6.07, 6.45) is 3.34. The van der Waals surface area contributed by atoms with Crippen molar-refractivity contribution in [3.8, 4) is 11.0 Å². The fourth-order valence-corrected chi connectivity index (χ4v) is 1.92. The molecule has 2 rings (SSSR count). The molecule has 0 aliphatic heterocycles. The van der Waals surface area contributed by atoms with E-state index in [1.807, 2.05) is 38.0 Å². The molecule has 0 aliphatic carbocycles. The standard InChI is InChI=1S/C15H17BN2O2/c1-2-3-10-20-15(19)14-13(12(17)7-9-18-14)11-6-4-5-8-16-11/h4-9H,2-3,10H2,1H3,(H2,17,18). The normalized spacial score (nSPS) is 10.1. The molecule has 0 aliphatic rings. The number of hydrogen-bond acceptors (Lipinski definition) is 4. The van der Waals surface area contributed by atoms with Crippen LogP contribution in [0.3, 0.4) is 0 Å². The predicted molar refractivity (Wildman–Crippen MR) is 80.6 cm³/mol. The van der Waals surface area contributed by atoms with Crippen molar-refractivity contribution in [2.24, 2.45) is 0 Å².